The number of rotatable bonds is 6. The molecule has 5 heteroatoms. The molecule has 1 saturated heterocycles. The first-order chi connectivity index (χ1) is 11.3. The van der Waals surface area contributed by atoms with Crippen molar-refractivity contribution in [3.05, 3.63) is 35.4 Å². The minimum Gasteiger partial charge on any atom is -0.303 e. The van der Waals surface area contributed by atoms with Crippen molar-refractivity contribution in [2.75, 3.05) is 37.7 Å². The third kappa shape index (κ3) is 3.96. The maximum atomic E-state index is 12.2. The van der Waals surface area contributed by atoms with Gasteiger partial charge in [-0.15, -0.1) is 0 Å². The molecule has 1 aromatic rings. The van der Waals surface area contributed by atoms with Gasteiger partial charge in [0.25, 0.3) is 11.8 Å². The minimum absolute atomic E-state index is 0.140. The van der Waals surface area contributed by atoms with Crippen LogP contribution in [-0.2, 0) is 0 Å². The van der Waals surface area contributed by atoms with Crippen molar-refractivity contribution in [2.24, 2.45) is 0 Å². The molecule has 0 saturated carbocycles. The first kappa shape index (κ1) is 16.5. The van der Waals surface area contributed by atoms with E-state index in [4.69, 9.17) is 0 Å². The summed E-state index contributed by atoms with van der Waals surface area (Å²) in [6, 6.07) is 7.09. The van der Waals surface area contributed by atoms with Gasteiger partial charge >= 0.3 is 0 Å². The molecule has 2 aliphatic rings. The molecule has 4 nitrogen and oxygen atoms in total. The Morgan fingerprint density at radius 1 is 0.826 bits per heavy atom. The molecule has 2 amide bonds. The van der Waals surface area contributed by atoms with E-state index in [0.29, 0.717) is 17.7 Å². The van der Waals surface area contributed by atoms with Crippen molar-refractivity contribution < 1.29 is 9.59 Å². The SMILES string of the molecule is O=C1c2ccccc2C(=O)N1CCSCCN1CCCCCC1. The second-order valence-corrected chi connectivity index (χ2v) is 7.40. The van der Waals surface area contributed by atoms with E-state index in [2.05, 4.69) is 4.90 Å². The predicted octanol–water partition coefficient (Wildman–Crippen LogP) is 2.89. The van der Waals surface area contributed by atoms with Gasteiger partial charge in [-0.05, 0) is 38.1 Å². The van der Waals surface area contributed by atoms with Crippen LogP contribution >= 0.6 is 11.8 Å². The van der Waals surface area contributed by atoms with Gasteiger partial charge in [0, 0.05) is 24.6 Å². The van der Waals surface area contributed by atoms with E-state index < -0.39 is 0 Å². The maximum Gasteiger partial charge on any atom is 0.261 e. The van der Waals surface area contributed by atoms with Gasteiger partial charge in [0.05, 0.1) is 11.1 Å². The first-order valence-electron chi connectivity index (χ1n) is 8.53. The van der Waals surface area contributed by atoms with Crippen LogP contribution in [-0.4, -0.2) is 59.3 Å². The van der Waals surface area contributed by atoms with E-state index >= 15 is 0 Å². The average molecular weight is 332 g/mol. The zero-order valence-corrected chi connectivity index (χ0v) is 14.3. The van der Waals surface area contributed by atoms with Crippen LogP contribution in [0.5, 0.6) is 0 Å². The summed E-state index contributed by atoms with van der Waals surface area (Å²) >= 11 is 1.84. The zero-order chi connectivity index (χ0) is 16.1. The number of fused-ring (bicyclic) bond motifs is 1. The second-order valence-electron chi connectivity index (χ2n) is 6.18. The van der Waals surface area contributed by atoms with Crippen molar-refractivity contribution in [1.82, 2.24) is 9.80 Å². The number of likely N-dealkylation sites (tertiary alicyclic amines) is 1. The molecule has 0 N–H and O–H groups in total. The molecule has 124 valence electrons. The lowest BCUT2D eigenvalue weighted by Crippen LogP contribution is -2.32. The number of carbonyl (C=O) groups excluding carboxylic acids is 2. The van der Waals surface area contributed by atoms with Gasteiger partial charge in [0.15, 0.2) is 0 Å². The molecule has 3 rings (SSSR count). The Morgan fingerprint density at radius 2 is 1.39 bits per heavy atom. The summed E-state index contributed by atoms with van der Waals surface area (Å²) in [5, 5.41) is 0. The van der Waals surface area contributed by atoms with E-state index in [-0.39, 0.29) is 11.8 Å². The fraction of sp³-hybridized carbons (Fsp3) is 0.556. The molecule has 0 spiro atoms. The number of carbonyl (C=O) groups is 2. The summed E-state index contributed by atoms with van der Waals surface area (Å²) in [7, 11) is 0. The van der Waals surface area contributed by atoms with Crippen molar-refractivity contribution in [2.45, 2.75) is 25.7 Å². The highest BCUT2D eigenvalue weighted by Gasteiger charge is 2.34. The standard InChI is InChI=1S/C18H24N2O2S/c21-17-15-7-3-4-8-16(15)18(22)20(17)12-14-23-13-11-19-9-5-1-2-6-10-19/h3-4,7-8H,1-2,5-6,9-14H2. The number of nitrogens with zero attached hydrogens (tertiary/aromatic N) is 2. The van der Waals surface area contributed by atoms with Crippen LogP contribution in [0.3, 0.4) is 0 Å². The number of hydrogen-bond acceptors (Lipinski definition) is 4. The average Bonchev–Trinajstić information content (AvgIpc) is 2.77. The lowest BCUT2D eigenvalue weighted by molar-refractivity contribution is 0.0664. The third-order valence-corrected chi connectivity index (χ3v) is 5.53. The largest absolute Gasteiger partial charge is 0.303 e. The van der Waals surface area contributed by atoms with E-state index in [0.717, 1.165) is 18.1 Å². The van der Waals surface area contributed by atoms with Gasteiger partial charge in [-0.1, -0.05) is 25.0 Å². The Bertz CT molecular complexity index is 533. The smallest absolute Gasteiger partial charge is 0.261 e. The molecule has 23 heavy (non-hydrogen) atoms. The van der Waals surface area contributed by atoms with E-state index in [1.807, 2.05) is 23.9 Å². The van der Waals surface area contributed by atoms with Gasteiger partial charge in [-0.2, -0.15) is 11.8 Å². The summed E-state index contributed by atoms with van der Waals surface area (Å²) < 4.78 is 0. The zero-order valence-electron chi connectivity index (χ0n) is 13.5. The lowest BCUT2D eigenvalue weighted by atomic mass is 10.1. The van der Waals surface area contributed by atoms with E-state index in [1.54, 1.807) is 12.1 Å². The Hall–Kier alpha value is -1.33. The van der Waals surface area contributed by atoms with Crippen molar-refractivity contribution >= 4 is 23.6 Å². The van der Waals surface area contributed by atoms with Crippen LogP contribution in [0.15, 0.2) is 24.3 Å². The highest BCUT2D eigenvalue weighted by atomic mass is 32.2. The summed E-state index contributed by atoms with van der Waals surface area (Å²) in [4.78, 5) is 28.4. The predicted molar refractivity (Wildman–Crippen MR) is 94.0 cm³/mol. The van der Waals surface area contributed by atoms with E-state index in [9.17, 15) is 9.59 Å². The number of imide groups is 1. The van der Waals surface area contributed by atoms with Crippen LogP contribution in [0.25, 0.3) is 0 Å². The molecule has 1 fully saturated rings. The maximum absolute atomic E-state index is 12.2. The fourth-order valence-electron chi connectivity index (χ4n) is 3.25. The number of amides is 2. The molecule has 0 aromatic heterocycles. The van der Waals surface area contributed by atoms with Crippen LogP contribution in [0, 0.1) is 0 Å². The summed E-state index contributed by atoms with van der Waals surface area (Å²) in [5.41, 5.74) is 1.10. The highest BCUT2D eigenvalue weighted by molar-refractivity contribution is 7.99. The molecule has 0 radical (unpaired) electrons. The highest BCUT2D eigenvalue weighted by Crippen LogP contribution is 2.22. The summed E-state index contributed by atoms with van der Waals surface area (Å²) in [6.45, 7) is 4.07. The first-order valence-corrected chi connectivity index (χ1v) is 9.68. The number of thioether (sulfide) groups is 1. The summed E-state index contributed by atoms with van der Waals surface area (Å²) in [6.07, 6.45) is 5.37. The van der Waals surface area contributed by atoms with Crippen LogP contribution in [0.2, 0.25) is 0 Å². The summed E-state index contributed by atoms with van der Waals surface area (Å²) in [5.74, 6) is 1.61. The van der Waals surface area contributed by atoms with Crippen molar-refractivity contribution in [1.29, 1.82) is 0 Å². The minimum atomic E-state index is -0.140. The monoisotopic (exact) mass is 332 g/mol. The molecular weight excluding hydrogens is 308 g/mol. The van der Waals surface area contributed by atoms with Crippen LogP contribution < -0.4 is 0 Å². The topological polar surface area (TPSA) is 40.6 Å². The number of hydrogen-bond donors (Lipinski definition) is 0. The molecule has 2 aliphatic heterocycles. The van der Waals surface area contributed by atoms with Gasteiger partial charge in [-0.25, -0.2) is 0 Å². The van der Waals surface area contributed by atoms with Crippen molar-refractivity contribution in [3.63, 3.8) is 0 Å². The van der Waals surface area contributed by atoms with Gasteiger partial charge < -0.3 is 4.90 Å². The molecule has 1 aromatic carbocycles. The molecule has 0 atom stereocenters. The van der Waals surface area contributed by atoms with Crippen molar-refractivity contribution in [3.8, 4) is 0 Å². The molecule has 0 unspecified atom stereocenters. The van der Waals surface area contributed by atoms with E-state index in [1.165, 1.54) is 43.7 Å². The van der Waals surface area contributed by atoms with Gasteiger partial charge in [-0.3, -0.25) is 14.5 Å². The molecule has 0 bridgehead atoms. The second kappa shape index (κ2) is 7.97. The molecule has 0 aliphatic carbocycles. The Morgan fingerprint density at radius 3 is 2.00 bits per heavy atom. The Balaban J connectivity index is 1.40. The normalized spacial score (nSPS) is 19.0. The molecule has 2 heterocycles. The Labute approximate surface area is 142 Å². The van der Waals surface area contributed by atoms with Crippen LogP contribution in [0.1, 0.15) is 46.4 Å². The number of benzene rings is 1. The van der Waals surface area contributed by atoms with Crippen LogP contribution in [0.4, 0.5) is 0 Å². The fourth-order valence-corrected chi connectivity index (χ4v) is 4.16. The van der Waals surface area contributed by atoms with Gasteiger partial charge in [0.2, 0.25) is 0 Å². The van der Waals surface area contributed by atoms with Gasteiger partial charge in [0.1, 0.15) is 0 Å². The third-order valence-electron chi connectivity index (χ3n) is 4.59. The molecular formula is C18H24N2O2S. The lowest BCUT2D eigenvalue weighted by Gasteiger charge is -2.19. The Kier molecular flexibility index (Phi) is 5.73. The quantitative estimate of drug-likeness (QED) is 0.593.